The van der Waals surface area contributed by atoms with E-state index in [1.54, 1.807) is 10.9 Å². The first-order valence-corrected chi connectivity index (χ1v) is 6.72. The zero-order valence-electron chi connectivity index (χ0n) is 9.87. The summed E-state index contributed by atoms with van der Waals surface area (Å²) >= 11 is 1.91. The van der Waals surface area contributed by atoms with Gasteiger partial charge in [0.05, 0.1) is 11.9 Å². The molecule has 0 aliphatic carbocycles. The van der Waals surface area contributed by atoms with Crippen molar-refractivity contribution in [3.05, 3.63) is 11.9 Å². The number of rotatable bonds is 3. The Bertz CT molecular complexity index is 394. The van der Waals surface area contributed by atoms with Gasteiger partial charge in [-0.05, 0) is 0 Å². The van der Waals surface area contributed by atoms with Crippen molar-refractivity contribution < 1.29 is 4.79 Å². The zero-order chi connectivity index (χ0) is 12.3. The van der Waals surface area contributed by atoms with E-state index in [1.165, 1.54) is 0 Å². The van der Waals surface area contributed by atoms with Gasteiger partial charge in [-0.15, -0.1) is 5.10 Å². The van der Waals surface area contributed by atoms with Crippen LogP contribution in [-0.4, -0.2) is 49.9 Å². The predicted octanol–water partition coefficient (Wildman–Crippen LogP) is -0.299. The van der Waals surface area contributed by atoms with Crippen LogP contribution in [0.1, 0.15) is 12.6 Å². The molecule has 6 nitrogen and oxygen atoms in total. The van der Waals surface area contributed by atoms with Gasteiger partial charge in [0.15, 0.2) is 0 Å². The van der Waals surface area contributed by atoms with E-state index in [9.17, 15) is 4.79 Å². The highest BCUT2D eigenvalue weighted by Gasteiger charge is 2.21. The van der Waals surface area contributed by atoms with Gasteiger partial charge in [0.1, 0.15) is 6.54 Å². The maximum atomic E-state index is 12.0. The molecule has 0 bridgehead atoms. The van der Waals surface area contributed by atoms with Crippen molar-refractivity contribution in [1.82, 2.24) is 19.9 Å². The average Bonchev–Trinajstić information content (AvgIpc) is 2.77. The number of nitrogens with two attached hydrogens (primary N) is 1. The fourth-order valence-corrected chi connectivity index (χ4v) is 2.81. The van der Waals surface area contributed by atoms with Crippen molar-refractivity contribution >= 4 is 17.7 Å². The summed E-state index contributed by atoms with van der Waals surface area (Å²) in [4.78, 5) is 13.9. The monoisotopic (exact) mass is 255 g/mol. The molecular formula is C10H17N5OS. The Morgan fingerprint density at radius 3 is 3.18 bits per heavy atom. The van der Waals surface area contributed by atoms with Crippen molar-refractivity contribution in [3.8, 4) is 0 Å². The quantitative estimate of drug-likeness (QED) is 0.802. The Balaban J connectivity index is 1.91. The number of thioether (sulfide) groups is 1. The van der Waals surface area contributed by atoms with Gasteiger partial charge in [-0.1, -0.05) is 12.1 Å². The maximum absolute atomic E-state index is 12.0. The SMILES string of the molecule is CC1CN(C(=O)Cn2cc(CN)nn2)CCS1. The molecule has 0 saturated carbocycles. The number of aromatic nitrogens is 3. The smallest absolute Gasteiger partial charge is 0.244 e. The Labute approximate surface area is 105 Å². The van der Waals surface area contributed by atoms with Crippen molar-refractivity contribution in [2.45, 2.75) is 25.3 Å². The van der Waals surface area contributed by atoms with E-state index in [1.807, 2.05) is 16.7 Å². The summed E-state index contributed by atoms with van der Waals surface area (Å²) in [7, 11) is 0. The number of hydrogen-bond acceptors (Lipinski definition) is 5. The third kappa shape index (κ3) is 3.19. The molecule has 1 fully saturated rings. The van der Waals surface area contributed by atoms with Crippen LogP contribution < -0.4 is 5.73 Å². The van der Waals surface area contributed by atoms with E-state index in [0.717, 1.165) is 18.8 Å². The lowest BCUT2D eigenvalue weighted by Gasteiger charge is -2.30. The molecule has 7 heteroatoms. The number of nitrogens with zero attached hydrogens (tertiary/aromatic N) is 4. The lowest BCUT2D eigenvalue weighted by Crippen LogP contribution is -2.42. The minimum Gasteiger partial charge on any atom is -0.339 e. The standard InChI is InChI=1S/C10H17N5OS/c1-8-5-14(2-3-17-8)10(16)7-15-6-9(4-11)12-13-15/h6,8H,2-5,7,11H2,1H3. The summed E-state index contributed by atoms with van der Waals surface area (Å²) in [6.07, 6.45) is 1.72. The summed E-state index contributed by atoms with van der Waals surface area (Å²) in [5, 5.41) is 8.25. The highest BCUT2D eigenvalue weighted by atomic mass is 32.2. The second kappa shape index (κ2) is 5.50. The first-order valence-electron chi connectivity index (χ1n) is 5.67. The molecule has 17 heavy (non-hydrogen) atoms. The van der Waals surface area contributed by atoms with Crippen LogP contribution in [0.3, 0.4) is 0 Å². The molecule has 94 valence electrons. The van der Waals surface area contributed by atoms with Crippen molar-refractivity contribution in [2.24, 2.45) is 5.73 Å². The van der Waals surface area contributed by atoms with E-state index in [4.69, 9.17) is 5.73 Å². The van der Waals surface area contributed by atoms with Gasteiger partial charge in [0.2, 0.25) is 5.91 Å². The third-order valence-corrected chi connectivity index (χ3v) is 3.82. The third-order valence-electron chi connectivity index (χ3n) is 2.69. The van der Waals surface area contributed by atoms with Crippen LogP contribution in [0.4, 0.5) is 0 Å². The maximum Gasteiger partial charge on any atom is 0.244 e. The highest BCUT2D eigenvalue weighted by molar-refractivity contribution is 7.99. The molecule has 1 atom stereocenters. The van der Waals surface area contributed by atoms with Crippen LogP contribution in [0.2, 0.25) is 0 Å². The Kier molecular flexibility index (Phi) is 4.01. The molecule has 2 heterocycles. The molecule has 0 spiro atoms. The summed E-state index contributed by atoms with van der Waals surface area (Å²) in [6.45, 7) is 4.40. The predicted molar refractivity (Wildman–Crippen MR) is 66.4 cm³/mol. The minimum atomic E-state index is 0.102. The molecule has 1 saturated heterocycles. The van der Waals surface area contributed by atoms with Gasteiger partial charge in [-0.25, -0.2) is 4.68 Å². The summed E-state index contributed by atoms with van der Waals surface area (Å²) in [5.74, 6) is 1.11. The normalized spacial score (nSPS) is 20.6. The van der Waals surface area contributed by atoms with Gasteiger partial charge in [0, 0.05) is 30.6 Å². The molecule has 0 aromatic carbocycles. The first kappa shape index (κ1) is 12.4. The lowest BCUT2D eigenvalue weighted by atomic mass is 10.3. The molecule has 1 unspecified atom stereocenters. The van der Waals surface area contributed by atoms with Crippen LogP contribution in [0.15, 0.2) is 6.20 Å². The van der Waals surface area contributed by atoms with E-state index in [-0.39, 0.29) is 12.5 Å². The summed E-state index contributed by atoms with van der Waals surface area (Å²) in [6, 6.07) is 0. The largest absolute Gasteiger partial charge is 0.339 e. The van der Waals surface area contributed by atoms with Crippen LogP contribution in [0.5, 0.6) is 0 Å². The van der Waals surface area contributed by atoms with E-state index in [2.05, 4.69) is 17.2 Å². The van der Waals surface area contributed by atoms with Gasteiger partial charge in [-0.3, -0.25) is 4.79 Å². The number of carbonyl (C=O) groups is 1. The molecule has 1 aliphatic rings. The average molecular weight is 255 g/mol. The van der Waals surface area contributed by atoms with Crippen molar-refractivity contribution in [3.63, 3.8) is 0 Å². The Morgan fingerprint density at radius 2 is 2.53 bits per heavy atom. The minimum absolute atomic E-state index is 0.102. The molecular weight excluding hydrogens is 238 g/mol. The van der Waals surface area contributed by atoms with Crippen LogP contribution >= 0.6 is 11.8 Å². The fraction of sp³-hybridized carbons (Fsp3) is 0.700. The number of carbonyl (C=O) groups excluding carboxylic acids is 1. The summed E-state index contributed by atoms with van der Waals surface area (Å²) < 4.78 is 1.55. The number of hydrogen-bond donors (Lipinski definition) is 1. The van der Waals surface area contributed by atoms with Gasteiger partial charge in [0.25, 0.3) is 0 Å². The van der Waals surface area contributed by atoms with Gasteiger partial charge in [-0.2, -0.15) is 11.8 Å². The van der Waals surface area contributed by atoms with Crippen LogP contribution in [0, 0.1) is 0 Å². The fourth-order valence-electron chi connectivity index (χ4n) is 1.79. The molecule has 1 aromatic rings. The van der Waals surface area contributed by atoms with Gasteiger partial charge < -0.3 is 10.6 Å². The van der Waals surface area contributed by atoms with E-state index in [0.29, 0.717) is 17.5 Å². The lowest BCUT2D eigenvalue weighted by molar-refractivity contribution is -0.131. The second-order valence-electron chi connectivity index (χ2n) is 4.13. The van der Waals surface area contributed by atoms with Crippen molar-refractivity contribution in [1.29, 1.82) is 0 Å². The Hall–Kier alpha value is -1.08. The molecule has 1 amide bonds. The topological polar surface area (TPSA) is 77.0 Å². The second-order valence-corrected chi connectivity index (χ2v) is 5.68. The van der Waals surface area contributed by atoms with Crippen LogP contribution in [0.25, 0.3) is 0 Å². The molecule has 1 aromatic heterocycles. The molecule has 0 radical (unpaired) electrons. The van der Waals surface area contributed by atoms with Gasteiger partial charge >= 0.3 is 0 Å². The van der Waals surface area contributed by atoms with E-state index < -0.39 is 0 Å². The zero-order valence-corrected chi connectivity index (χ0v) is 10.7. The Morgan fingerprint density at radius 1 is 1.71 bits per heavy atom. The molecule has 2 rings (SSSR count). The first-order chi connectivity index (χ1) is 8.19. The van der Waals surface area contributed by atoms with E-state index >= 15 is 0 Å². The molecule has 1 aliphatic heterocycles. The van der Waals surface area contributed by atoms with Crippen molar-refractivity contribution in [2.75, 3.05) is 18.8 Å². The molecule has 2 N–H and O–H groups in total. The summed E-state index contributed by atoms with van der Waals surface area (Å²) in [5.41, 5.74) is 6.15. The number of amides is 1. The van der Waals surface area contributed by atoms with Crippen LogP contribution in [-0.2, 0) is 17.9 Å². The highest BCUT2D eigenvalue weighted by Crippen LogP contribution is 2.17.